The van der Waals surface area contributed by atoms with E-state index in [1.807, 2.05) is 85.7 Å². The summed E-state index contributed by atoms with van der Waals surface area (Å²) in [5.74, 6) is -1.25. The van der Waals surface area contributed by atoms with Crippen molar-refractivity contribution in [2.45, 2.75) is 32.2 Å². The number of methoxy groups -OCH3 is 1. The van der Waals surface area contributed by atoms with Crippen molar-refractivity contribution in [3.63, 3.8) is 0 Å². The van der Waals surface area contributed by atoms with Crippen LogP contribution in [0.3, 0.4) is 0 Å². The van der Waals surface area contributed by atoms with Gasteiger partial charge in [-0.15, -0.1) is 0 Å². The first kappa shape index (κ1) is 25.0. The van der Waals surface area contributed by atoms with Crippen LogP contribution in [0, 0.1) is 0 Å². The number of aliphatic hydroxyl groups excluding tert-OH is 1. The van der Waals surface area contributed by atoms with Gasteiger partial charge in [-0.3, -0.25) is 14.5 Å². The lowest BCUT2D eigenvalue weighted by Gasteiger charge is -2.26. The molecular formula is C30H32N2O4. The van der Waals surface area contributed by atoms with E-state index in [9.17, 15) is 14.7 Å². The van der Waals surface area contributed by atoms with Gasteiger partial charge in [0.15, 0.2) is 0 Å². The van der Waals surface area contributed by atoms with Crippen LogP contribution in [0.25, 0.3) is 5.76 Å². The van der Waals surface area contributed by atoms with Gasteiger partial charge in [0.2, 0.25) is 0 Å². The van der Waals surface area contributed by atoms with Crippen molar-refractivity contribution in [3.05, 3.63) is 95.1 Å². The first-order valence-electron chi connectivity index (χ1n) is 11.9. The van der Waals surface area contributed by atoms with E-state index in [0.29, 0.717) is 17.0 Å². The van der Waals surface area contributed by atoms with Gasteiger partial charge in [-0.2, -0.15) is 0 Å². The maximum atomic E-state index is 13.5. The standard InChI is InChI=1S/C30H32N2O4/c1-30(2,3)20-12-17-24(36-6)23(18-20)27(33)25-26(19-10-8-7-9-11-19)32(29(35)28(25)34)22-15-13-21(14-16-22)31(4)5/h7-18,26,33H,1-6H3/b27-25+. The van der Waals surface area contributed by atoms with E-state index < -0.39 is 17.7 Å². The zero-order chi connectivity index (χ0) is 26.2. The molecule has 1 saturated heterocycles. The molecule has 0 radical (unpaired) electrons. The van der Waals surface area contributed by atoms with Gasteiger partial charge in [-0.25, -0.2) is 0 Å². The Kier molecular flexibility index (Phi) is 6.63. The molecule has 3 aromatic carbocycles. The number of aliphatic hydroxyl groups is 1. The second-order valence-corrected chi connectivity index (χ2v) is 10.2. The molecule has 1 heterocycles. The molecule has 1 amide bonds. The summed E-state index contributed by atoms with van der Waals surface area (Å²) >= 11 is 0. The third-order valence-electron chi connectivity index (χ3n) is 6.52. The van der Waals surface area contributed by atoms with E-state index >= 15 is 0 Å². The molecule has 1 atom stereocenters. The number of ether oxygens (including phenoxy) is 1. The van der Waals surface area contributed by atoms with Crippen LogP contribution in [0.5, 0.6) is 5.75 Å². The largest absolute Gasteiger partial charge is 0.507 e. The third-order valence-corrected chi connectivity index (χ3v) is 6.52. The summed E-state index contributed by atoms with van der Waals surface area (Å²) in [6.07, 6.45) is 0. The van der Waals surface area contributed by atoms with Gasteiger partial charge in [-0.1, -0.05) is 57.2 Å². The minimum Gasteiger partial charge on any atom is -0.507 e. The Morgan fingerprint density at radius 1 is 0.944 bits per heavy atom. The van der Waals surface area contributed by atoms with Crippen LogP contribution in [-0.4, -0.2) is 38.0 Å². The number of amides is 1. The Labute approximate surface area is 212 Å². The average molecular weight is 485 g/mol. The van der Waals surface area contributed by atoms with Gasteiger partial charge in [0.05, 0.1) is 24.3 Å². The van der Waals surface area contributed by atoms with Crippen LogP contribution in [0.4, 0.5) is 11.4 Å². The lowest BCUT2D eigenvalue weighted by Crippen LogP contribution is -2.29. The van der Waals surface area contributed by atoms with Crippen molar-refractivity contribution in [1.29, 1.82) is 0 Å². The number of ketones is 1. The number of carbonyl (C=O) groups excluding carboxylic acids is 2. The SMILES string of the molecule is COc1ccc(C(C)(C)C)cc1/C(O)=C1\C(=O)C(=O)N(c2ccc(N(C)C)cc2)C1c1ccccc1. The van der Waals surface area contributed by atoms with Gasteiger partial charge in [0, 0.05) is 25.5 Å². The summed E-state index contributed by atoms with van der Waals surface area (Å²) in [4.78, 5) is 30.3. The molecule has 0 bridgehead atoms. The summed E-state index contributed by atoms with van der Waals surface area (Å²) in [5.41, 5.74) is 3.46. The summed E-state index contributed by atoms with van der Waals surface area (Å²) in [7, 11) is 5.39. The Bertz CT molecular complexity index is 1320. The molecule has 0 aromatic heterocycles. The molecule has 1 N–H and O–H groups in total. The number of hydrogen-bond donors (Lipinski definition) is 1. The minimum atomic E-state index is -0.792. The van der Waals surface area contributed by atoms with Gasteiger partial charge < -0.3 is 14.7 Å². The molecule has 1 aliphatic rings. The van der Waals surface area contributed by atoms with Crippen LogP contribution in [0.15, 0.2) is 78.4 Å². The van der Waals surface area contributed by atoms with E-state index in [4.69, 9.17) is 4.74 Å². The van der Waals surface area contributed by atoms with E-state index in [2.05, 4.69) is 20.8 Å². The summed E-state index contributed by atoms with van der Waals surface area (Å²) in [6, 6.07) is 21.5. The topological polar surface area (TPSA) is 70.1 Å². The van der Waals surface area contributed by atoms with Crippen molar-refractivity contribution < 1.29 is 19.4 Å². The van der Waals surface area contributed by atoms with Crippen molar-refractivity contribution in [1.82, 2.24) is 0 Å². The highest BCUT2D eigenvalue weighted by Gasteiger charge is 2.47. The van der Waals surface area contributed by atoms with Gasteiger partial charge in [0.25, 0.3) is 11.7 Å². The number of carbonyl (C=O) groups is 2. The maximum absolute atomic E-state index is 13.5. The van der Waals surface area contributed by atoms with Crippen LogP contribution in [-0.2, 0) is 15.0 Å². The second kappa shape index (κ2) is 9.53. The fourth-order valence-corrected chi connectivity index (χ4v) is 4.47. The smallest absolute Gasteiger partial charge is 0.300 e. The first-order valence-corrected chi connectivity index (χ1v) is 11.9. The zero-order valence-electron chi connectivity index (χ0n) is 21.6. The molecule has 36 heavy (non-hydrogen) atoms. The molecule has 0 aliphatic carbocycles. The predicted molar refractivity (Wildman–Crippen MR) is 144 cm³/mol. The highest BCUT2D eigenvalue weighted by atomic mass is 16.5. The average Bonchev–Trinajstić information content (AvgIpc) is 3.13. The quantitative estimate of drug-likeness (QED) is 0.286. The van der Waals surface area contributed by atoms with E-state index in [1.54, 1.807) is 6.07 Å². The van der Waals surface area contributed by atoms with Crippen LogP contribution in [0.1, 0.15) is 43.5 Å². The summed E-state index contributed by atoms with van der Waals surface area (Å²) in [5, 5.41) is 11.6. The first-order chi connectivity index (χ1) is 17.0. The molecule has 6 heteroatoms. The van der Waals surface area contributed by atoms with Gasteiger partial charge in [-0.05, 0) is 52.9 Å². The fourth-order valence-electron chi connectivity index (χ4n) is 4.47. The van der Waals surface area contributed by atoms with Crippen molar-refractivity contribution in [2.24, 2.45) is 0 Å². The van der Waals surface area contributed by atoms with Crippen LogP contribution in [0.2, 0.25) is 0 Å². The van der Waals surface area contributed by atoms with Crippen molar-refractivity contribution in [3.8, 4) is 5.75 Å². The van der Waals surface area contributed by atoms with Gasteiger partial charge >= 0.3 is 0 Å². The molecular weight excluding hydrogens is 452 g/mol. The molecule has 0 saturated carbocycles. The lowest BCUT2D eigenvalue weighted by atomic mass is 9.85. The number of nitrogens with zero attached hydrogens (tertiary/aromatic N) is 2. The molecule has 4 rings (SSSR count). The summed E-state index contributed by atoms with van der Waals surface area (Å²) < 4.78 is 5.54. The molecule has 1 unspecified atom stereocenters. The maximum Gasteiger partial charge on any atom is 0.300 e. The fraction of sp³-hybridized carbons (Fsp3) is 0.267. The lowest BCUT2D eigenvalue weighted by molar-refractivity contribution is -0.132. The van der Waals surface area contributed by atoms with Crippen LogP contribution < -0.4 is 14.5 Å². The predicted octanol–water partition coefficient (Wildman–Crippen LogP) is 5.69. The molecule has 186 valence electrons. The Balaban J connectivity index is 1.95. The Hall–Kier alpha value is -4.06. The van der Waals surface area contributed by atoms with E-state index in [1.165, 1.54) is 12.0 Å². The van der Waals surface area contributed by atoms with E-state index in [0.717, 1.165) is 16.8 Å². The number of Topliss-reactive ketones (excluding diaryl/α,β-unsaturated/α-hetero) is 1. The third kappa shape index (κ3) is 4.47. The zero-order valence-corrected chi connectivity index (χ0v) is 21.6. The number of hydrogen-bond acceptors (Lipinski definition) is 5. The number of benzene rings is 3. The normalized spacial score (nSPS) is 17.4. The Morgan fingerprint density at radius 2 is 1.58 bits per heavy atom. The molecule has 0 spiro atoms. The molecule has 1 fully saturated rings. The molecule has 6 nitrogen and oxygen atoms in total. The summed E-state index contributed by atoms with van der Waals surface area (Å²) in [6.45, 7) is 6.21. The van der Waals surface area contributed by atoms with Crippen molar-refractivity contribution >= 4 is 28.8 Å². The van der Waals surface area contributed by atoms with Crippen molar-refractivity contribution in [2.75, 3.05) is 31.0 Å². The van der Waals surface area contributed by atoms with Gasteiger partial charge in [0.1, 0.15) is 11.5 Å². The molecule has 3 aromatic rings. The molecule has 1 aliphatic heterocycles. The monoisotopic (exact) mass is 484 g/mol. The van der Waals surface area contributed by atoms with Crippen LogP contribution >= 0.6 is 0 Å². The highest BCUT2D eigenvalue weighted by Crippen LogP contribution is 2.44. The highest BCUT2D eigenvalue weighted by molar-refractivity contribution is 6.51. The second-order valence-electron chi connectivity index (χ2n) is 10.2. The Morgan fingerprint density at radius 3 is 2.14 bits per heavy atom. The number of anilines is 2. The minimum absolute atomic E-state index is 0.0345. The number of rotatable bonds is 5. The van der Waals surface area contributed by atoms with E-state index in [-0.39, 0.29) is 16.7 Å².